The second kappa shape index (κ2) is 6.89. The van der Waals surface area contributed by atoms with Gasteiger partial charge in [-0.1, -0.05) is 36.4 Å². The van der Waals surface area contributed by atoms with Gasteiger partial charge in [0.1, 0.15) is 5.69 Å². The second-order valence-electron chi connectivity index (χ2n) is 8.00. The fourth-order valence-corrected chi connectivity index (χ4v) is 4.17. The highest BCUT2D eigenvalue weighted by molar-refractivity contribution is 6.02. The molecule has 0 bridgehead atoms. The molecule has 1 aliphatic carbocycles. The van der Waals surface area contributed by atoms with Crippen LogP contribution in [0.3, 0.4) is 0 Å². The van der Waals surface area contributed by atoms with Crippen molar-refractivity contribution >= 4 is 22.5 Å². The lowest BCUT2D eigenvalue weighted by atomic mass is 9.89. The lowest BCUT2D eigenvalue weighted by Crippen LogP contribution is -2.42. The zero-order chi connectivity index (χ0) is 19.1. The predicted molar refractivity (Wildman–Crippen MR) is 107 cm³/mol. The predicted octanol–water partition coefficient (Wildman–Crippen LogP) is 4.18. The van der Waals surface area contributed by atoms with E-state index in [1.54, 1.807) is 4.90 Å². The lowest BCUT2D eigenvalue weighted by Gasteiger charge is -2.31. The number of carbonyl (C=O) groups is 2. The number of nitrogens with zero attached hydrogens (tertiary/aromatic N) is 2. The molecule has 0 unspecified atom stereocenters. The van der Waals surface area contributed by atoms with Gasteiger partial charge >= 0.3 is 0 Å². The molecular weight excluding hydrogens is 350 g/mol. The van der Waals surface area contributed by atoms with Crippen LogP contribution in [0.15, 0.2) is 48.5 Å². The summed E-state index contributed by atoms with van der Waals surface area (Å²) in [5.41, 5.74) is 2.26. The van der Waals surface area contributed by atoms with Crippen molar-refractivity contribution in [1.82, 2.24) is 15.1 Å². The number of carbonyl (C=O) groups excluding carboxylic acids is 2. The molecule has 1 aliphatic heterocycles. The van der Waals surface area contributed by atoms with Crippen molar-refractivity contribution in [2.24, 2.45) is 5.92 Å². The normalized spacial score (nSPS) is 19.7. The Morgan fingerprint density at radius 3 is 2.64 bits per heavy atom. The molecule has 0 spiro atoms. The molecule has 1 amide bonds. The van der Waals surface area contributed by atoms with Crippen LogP contribution >= 0.6 is 0 Å². The highest BCUT2D eigenvalue weighted by Gasteiger charge is 2.32. The molecular formula is C23H23N3O2. The minimum atomic E-state index is -0.152. The summed E-state index contributed by atoms with van der Waals surface area (Å²) in [6.45, 7) is 1.15. The summed E-state index contributed by atoms with van der Waals surface area (Å²) in [6.07, 6.45) is 4.00. The lowest BCUT2D eigenvalue weighted by molar-refractivity contribution is 0.0632. The maximum absolute atomic E-state index is 13.1. The van der Waals surface area contributed by atoms with Crippen LogP contribution in [0.1, 0.15) is 58.1 Å². The van der Waals surface area contributed by atoms with Gasteiger partial charge in [0.2, 0.25) is 0 Å². The minimum Gasteiger partial charge on any atom is -0.337 e. The molecule has 3 aromatic rings. The zero-order valence-electron chi connectivity index (χ0n) is 15.7. The number of ketones is 1. The van der Waals surface area contributed by atoms with E-state index in [9.17, 15) is 9.59 Å². The second-order valence-corrected chi connectivity index (χ2v) is 8.00. The first-order chi connectivity index (χ1) is 13.7. The van der Waals surface area contributed by atoms with Gasteiger partial charge in [0.25, 0.3) is 5.91 Å². The summed E-state index contributed by atoms with van der Waals surface area (Å²) in [6, 6.07) is 15.8. The smallest absolute Gasteiger partial charge is 0.274 e. The van der Waals surface area contributed by atoms with Gasteiger partial charge in [-0.2, -0.15) is 5.10 Å². The molecule has 5 rings (SSSR count). The summed E-state index contributed by atoms with van der Waals surface area (Å²) in [5, 5.41) is 9.41. The molecule has 2 fully saturated rings. The van der Waals surface area contributed by atoms with Crippen LogP contribution in [0.5, 0.6) is 0 Å². The van der Waals surface area contributed by atoms with E-state index < -0.39 is 0 Å². The van der Waals surface area contributed by atoms with Gasteiger partial charge in [-0.05, 0) is 48.6 Å². The van der Waals surface area contributed by atoms with E-state index >= 15 is 0 Å². The Hall–Kier alpha value is -2.95. The number of H-pyrrole nitrogens is 1. The Morgan fingerprint density at radius 1 is 1.00 bits per heavy atom. The molecule has 2 heterocycles. The highest BCUT2D eigenvalue weighted by atomic mass is 16.2. The van der Waals surface area contributed by atoms with E-state index in [2.05, 4.69) is 10.2 Å². The van der Waals surface area contributed by atoms with Crippen molar-refractivity contribution in [1.29, 1.82) is 0 Å². The number of rotatable bonds is 4. The van der Waals surface area contributed by atoms with E-state index in [1.165, 1.54) is 12.8 Å². The maximum Gasteiger partial charge on any atom is 0.274 e. The first-order valence-corrected chi connectivity index (χ1v) is 10.1. The molecule has 2 aliphatic rings. The third kappa shape index (κ3) is 3.21. The van der Waals surface area contributed by atoms with Crippen LogP contribution < -0.4 is 0 Å². The number of amides is 1. The molecule has 5 heteroatoms. The van der Waals surface area contributed by atoms with E-state index in [0.29, 0.717) is 24.7 Å². The molecule has 1 saturated heterocycles. The Kier molecular flexibility index (Phi) is 4.23. The molecule has 5 nitrogen and oxygen atoms in total. The Morgan fingerprint density at radius 2 is 1.82 bits per heavy atom. The van der Waals surface area contributed by atoms with E-state index in [-0.39, 0.29) is 17.6 Å². The molecule has 28 heavy (non-hydrogen) atoms. The Bertz CT molecular complexity index is 1050. The third-order valence-corrected chi connectivity index (χ3v) is 5.95. The summed E-state index contributed by atoms with van der Waals surface area (Å²) >= 11 is 0. The van der Waals surface area contributed by atoms with Crippen molar-refractivity contribution in [3.8, 4) is 0 Å². The number of fused-ring (bicyclic) bond motifs is 1. The number of aromatic nitrogens is 2. The van der Waals surface area contributed by atoms with Gasteiger partial charge in [0.15, 0.2) is 5.78 Å². The molecule has 2 aromatic carbocycles. The SMILES string of the molecule is O=C(c1ccc2ccccc2c1)[C@@H]1CCCN(C(=O)c2cc(C3CC3)[nH]n2)C1. The van der Waals surface area contributed by atoms with Crippen LogP contribution in [0, 0.1) is 5.92 Å². The molecule has 1 saturated carbocycles. The average Bonchev–Trinajstić information content (AvgIpc) is 3.49. The van der Waals surface area contributed by atoms with Crippen molar-refractivity contribution in [3.63, 3.8) is 0 Å². The van der Waals surface area contributed by atoms with Gasteiger partial charge < -0.3 is 4.90 Å². The summed E-state index contributed by atoms with van der Waals surface area (Å²) in [7, 11) is 0. The van der Waals surface area contributed by atoms with Crippen molar-refractivity contribution in [3.05, 3.63) is 65.5 Å². The number of benzene rings is 2. The van der Waals surface area contributed by atoms with Crippen molar-refractivity contribution in [2.75, 3.05) is 13.1 Å². The first-order valence-electron chi connectivity index (χ1n) is 10.1. The first kappa shape index (κ1) is 17.2. The van der Waals surface area contributed by atoms with Gasteiger partial charge in [-0.25, -0.2) is 0 Å². The molecule has 0 radical (unpaired) electrons. The number of hydrogen-bond acceptors (Lipinski definition) is 3. The molecule has 1 atom stereocenters. The fourth-order valence-electron chi connectivity index (χ4n) is 4.17. The number of piperidine rings is 1. The molecule has 1 aromatic heterocycles. The number of Topliss-reactive ketones (excluding diaryl/α,β-unsaturated/α-hetero) is 1. The minimum absolute atomic E-state index is 0.0702. The molecule has 1 N–H and O–H groups in total. The number of likely N-dealkylation sites (tertiary alicyclic amines) is 1. The van der Waals surface area contributed by atoms with Crippen molar-refractivity contribution < 1.29 is 9.59 Å². The van der Waals surface area contributed by atoms with Crippen LogP contribution in [0.25, 0.3) is 10.8 Å². The summed E-state index contributed by atoms with van der Waals surface area (Å²) in [4.78, 5) is 27.7. The van der Waals surface area contributed by atoms with Gasteiger partial charge in [-0.3, -0.25) is 14.7 Å². The van der Waals surface area contributed by atoms with E-state index in [0.717, 1.165) is 34.9 Å². The van der Waals surface area contributed by atoms with Gasteiger partial charge in [-0.15, -0.1) is 0 Å². The molecule has 142 valence electrons. The Labute approximate surface area is 163 Å². The van der Waals surface area contributed by atoms with Crippen LogP contribution in [0.2, 0.25) is 0 Å². The number of hydrogen-bond donors (Lipinski definition) is 1. The number of aromatic amines is 1. The average molecular weight is 373 g/mol. The third-order valence-electron chi connectivity index (χ3n) is 5.95. The summed E-state index contributed by atoms with van der Waals surface area (Å²) in [5.74, 6) is 0.446. The van der Waals surface area contributed by atoms with Crippen molar-refractivity contribution in [2.45, 2.75) is 31.6 Å². The van der Waals surface area contributed by atoms with Gasteiger partial charge in [0, 0.05) is 36.2 Å². The standard InChI is InChI=1S/C23H23N3O2/c27-22(18-10-7-15-4-1-2-5-17(15)12-18)19-6-3-11-26(14-19)23(28)21-13-20(24-25-21)16-8-9-16/h1-2,4-5,7,10,12-13,16,19H,3,6,8-9,11,14H2,(H,24,25)/t19-/m1/s1. The topological polar surface area (TPSA) is 66.1 Å². The van der Waals surface area contributed by atoms with E-state index in [4.69, 9.17) is 0 Å². The zero-order valence-corrected chi connectivity index (χ0v) is 15.7. The van der Waals surface area contributed by atoms with Gasteiger partial charge in [0.05, 0.1) is 0 Å². The van der Waals surface area contributed by atoms with Crippen LogP contribution in [0.4, 0.5) is 0 Å². The fraction of sp³-hybridized carbons (Fsp3) is 0.348. The largest absolute Gasteiger partial charge is 0.337 e. The monoisotopic (exact) mass is 373 g/mol. The van der Waals surface area contributed by atoms with Crippen LogP contribution in [-0.4, -0.2) is 39.9 Å². The number of nitrogens with one attached hydrogen (secondary N) is 1. The maximum atomic E-state index is 13.1. The highest BCUT2D eigenvalue weighted by Crippen LogP contribution is 2.39. The van der Waals surface area contributed by atoms with Crippen LogP contribution in [-0.2, 0) is 0 Å². The quantitative estimate of drug-likeness (QED) is 0.698. The van der Waals surface area contributed by atoms with E-state index in [1.807, 2.05) is 48.5 Å². The summed E-state index contributed by atoms with van der Waals surface area (Å²) < 4.78 is 0. The Balaban J connectivity index is 1.32.